The van der Waals surface area contributed by atoms with Gasteiger partial charge in [0, 0.05) is 62.7 Å². The lowest BCUT2D eigenvalue weighted by molar-refractivity contribution is -0.127. The Bertz CT molecular complexity index is 1550. The summed E-state index contributed by atoms with van der Waals surface area (Å²) in [7, 11) is -2.44. The third-order valence-corrected chi connectivity index (χ3v) is 10.3. The summed E-state index contributed by atoms with van der Waals surface area (Å²) in [5.74, 6) is 0.0389. The number of aryl methyl sites for hydroxylation is 1. The molecule has 1 spiro atoms. The molecule has 2 saturated heterocycles. The number of nitrogens with zero attached hydrogens (tertiary/aromatic N) is 5. The number of aliphatic hydroxyl groups is 1. The first kappa shape index (κ1) is 27.8. The Hall–Kier alpha value is -3.39. The van der Waals surface area contributed by atoms with Crippen LogP contribution in [0.15, 0.2) is 53.7 Å². The molecule has 3 aromatic rings. The van der Waals surface area contributed by atoms with Gasteiger partial charge in [0.25, 0.3) is 0 Å². The highest BCUT2D eigenvalue weighted by Crippen LogP contribution is 2.37. The van der Waals surface area contributed by atoms with Crippen LogP contribution in [0.3, 0.4) is 0 Å². The number of halogens is 1. The maximum absolute atomic E-state index is 14.3. The SMILES string of the molecule is Cn1ncnc1-c1ccc2c(c1)OCCC1(CCN(Cc3ccccc3F)CC1)NC(=O)[C@@H]1C[C@@H](O)CN1S2(=O)=O. The average Bonchev–Trinajstić information content (AvgIpc) is 3.56. The van der Waals surface area contributed by atoms with Crippen molar-refractivity contribution < 1.29 is 27.4 Å². The lowest BCUT2D eigenvalue weighted by Gasteiger charge is -2.43. The molecular weight excluding hydrogens is 551 g/mol. The number of aliphatic hydroxyl groups excluding tert-OH is 1. The van der Waals surface area contributed by atoms with E-state index in [0.29, 0.717) is 55.8 Å². The lowest BCUT2D eigenvalue weighted by atomic mass is 9.84. The number of benzene rings is 2. The van der Waals surface area contributed by atoms with Gasteiger partial charge in [-0.05, 0) is 37.1 Å². The van der Waals surface area contributed by atoms with Crippen LogP contribution in [0.25, 0.3) is 11.4 Å². The number of amides is 1. The second kappa shape index (κ2) is 10.8. The fourth-order valence-electron chi connectivity index (χ4n) is 6.09. The summed E-state index contributed by atoms with van der Waals surface area (Å²) in [5, 5.41) is 17.7. The number of rotatable bonds is 3. The van der Waals surface area contributed by atoms with Crippen molar-refractivity contribution in [2.75, 3.05) is 26.2 Å². The maximum atomic E-state index is 14.3. The fourth-order valence-corrected chi connectivity index (χ4v) is 7.84. The number of likely N-dealkylation sites (tertiary alicyclic amines) is 1. The molecule has 3 aliphatic rings. The molecule has 0 unspecified atom stereocenters. The highest BCUT2D eigenvalue weighted by molar-refractivity contribution is 7.89. The second-order valence-corrected chi connectivity index (χ2v) is 12.9. The molecule has 0 radical (unpaired) electrons. The van der Waals surface area contributed by atoms with E-state index in [2.05, 4.69) is 20.3 Å². The lowest BCUT2D eigenvalue weighted by Crippen LogP contribution is -2.59. The van der Waals surface area contributed by atoms with E-state index in [1.54, 1.807) is 36.0 Å². The summed E-state index contributed by atoms with van der Waals surface area (Å²) in [6, 6.07) is 10.4. The van der Waals surface area contributed by atoms with Gasteiger partial charge in [-0.1, -0.05) is 18.2 Å². The maximum Gasteiger partial charge on any atom is 0.247 e. The van der Waals surface area contributed by atoms with Crippen molar-refractivity contribution in [1.82, 2.24) is 29.3 Å². The zero-order valence-corrected chi connectivity index (χ0v) is 23.6. The average molecular weight is 585 g/mol. The number of carbonyl (C=O) groups excluding carboxylic acids is 1. The van der Waals surface area contributed by atoms with E-state index in [-0.39, 0.29) is 36.0 Å². The van der Waals surface area contributed by atoms with E-state index < -0.39 is 33.6 Å². The highest BCUT2D eigenvalue weighted by Gasteiger charge is 2.47. The Balaban J connectivity index is 1.31. The minimum Gasteiger partial charge on any atom is -0.492 e. The van der Waals surface area contributed by atoms with Crippen LogP contribution in [0.1, 0.15) is 31.2 Å². The molecule has 11 nitrogen and oxygen atoms in total. The van der Waals surface area contributed by atoms with Crippen LogP contribution in [0.2, 0.25) is 0 Å². The number of sulfonamides is 1. The third kappa shape index (κ3) is 5.34. The zero-order chi connectivity index (χ0) is 28.8. The molecule has 0 saturated carbocycles. The molecule has 0 aliphatic carbocycles. The van der Waals surface area contributed by atoms with Crippen molar-refractivity contribution >= 4 is 15.9 Å². The van der Waals surface area contributed by atoms with Gasteiger partial charge < -0.3 is 15.2 Å². The largest absolute Gasteiger partial charge is 0.492 e. The summed E-state index contributed by atoms with van der Waals surface area (Å²) in [4.78, 5) is 20.0. The summed E-state index contributed by atoms with van der Waals surface area (Å²) in [5.41, 5.74) is 0.615. The van der Waals surface area contributed by atoms with Gasteiger partial charge in [0.05, 0.1) is 12.7 Å². The van der Waals surface area contributed by atoms with E-state index in [9.17, 15) is 22.7 Å². The van der Waals surface area contributed by atoms with E-state index >= 15 is 0 Å². The van der Waals surface area contributed by atoms with Crippen LogP contribution in [0, 0.1) is 5.82 Å². The van der Waals surface area contributed by atoms with Gasteiger partial charge in [0.2, 0.25) is 15.9 Å². The molecule has 2 N–H and O–H groups in total. The van der Waals surface area contributed by atoms with Gasteiger partial charge >= 0.3 is 0 Å². The number of nitrogens with one attached hydrogen (secondary N) is 1. The normalized spacial score (nSPS) is 24.6. The van der Waals surface area contributed by atoms with E-state index in [0.717, 1.165) is 4.31 Å². The van der Waals surface area contributed by atoms with Crippen LogP contribution < -0.4 is 10.1 Å². The number of carbonyl (C=O) groups is 1. The number of fused-ring (bicyclic) bond motifs is 2. The number of piperidine rings is 1. The van der Waals surface area contributed by atoms with Crippen molar-refractivity contribution in [2.45, 2.75) is 54.8 Å². The molecule has 2 fully saturated rings. The number of hydrogen-bond acceptors (Lipinski definition) is 8. The summed E-state index contributed by atoms with van der Waals surface area (Å²) < 4.78 is 50.9. The molecule has 0 bridgehead atoms. The molecular formula is C28H33FN6O5S. The predicted molar refractivity (Wildman–Crippen MR) is 147 cm³/mol. The molecule has 1 amide bonds. The van der Waals surface area contributed by atoms with Crippen LogP contribution in [-0.4, -0.2) is 87.3 Å². The molecule has 3 aliphatic heterocycles. The van der Waals surface area contributed by atoms with E-state index in [1.165, 1.54) is 18.5 Å². The van der Waals surface area contributed by atoms with E-state index in [1.807, 2.05) is 6.07 Å². The predicted octanol–water partition coefficient (Wildman–Crippen LogP) is 1.68. The first-order chi connectivity index (χ1) is 19.6. The third-order valence-electron chi connectivity index (χ3n) is 8.43. The van der Waals surface area contributed by atoms with E-state index in [4.69, 9.17) is 4.74 Å². The summed E-state index contributed by atoms with van der Waals surface area (Å²) >= 11 is 0. The summed E-state index contributed by atoms with van der Waals surface area (Å²) in [6.07, 6.45) is 2.08. The van der Waals surface area contributed by atoms with Crippen LogP contribution in [0.5, 0.6) is 5.75 Å². The quantitative estimate of drug-likeness (QED) is 0.476. The Morgan fingerprint density at radius 1 is 1.17 bits per heavy atom. The van der Waals surface area contributed by atoms with Crippen molar-refractivity contribution in [1.29, 1.82) is 0 Å². The van der Waals surface area contributed by atoms with Gasteiger partial charge in [-0.2, -0.15) is 9.40 Å². The van der Waals surface area contributed by atoms with Crippen molar-refractivity contribution in [3.8, 4) is 17.1 Å². The van der Waals surface area contributed by atoms with Crippen LogP contribution in [0.4, 0.5) is 4.39 Å². The van der Waals surface area contributed by atoms with Gasteiger partial charge in [0.1, 0.15) is 28.8 Å². The number of ether oxygens (including phenoxy) is 1. The first-order valence-corrected chi connectivity index (χ1v) is 15.2. The molecule has 41 heavy (non-hydrogen) atoms. The minimum absolute atomic E-state index is 0.00770. The van der Waals surface area contributed by atoms with Crippen molar-refractivity contribution in [3.63, 3.8) is 0 Å². The number of aromatic nitrogens is 3. The molecule has 2 atom stereocenters. The van der Waals surface area contributed by atoms with Crippen LogP contribution >= 0.6 is 0 Å². The van der Waals surface area contributed by atoms with Gasteiger partial charge in [-0.3, -0.25) is 9.69 Å². The highest BCUT2D eigenvalue weighted by atomic mass is 32.2. The standard InChI is InChI=1S/C28H33FN6O5S/c1-33-26(30-18-31-33)19-6-7-25-24(14-19)40-13-10-28(32-27(37)23-15-21(36)17-35(23)41(25,38)39)8-11-34(12-9-28)16-20-4-2-3-5-22(20)29/h2-7,14,18,21,23,36H,8-13,15-17H2,1H3,(H,32,37)/t21-,23+/m1/s1. The molecule has 1 aromatic heterocycles. The second-order valence-electron chi connectivity index (χ2n) is 11.1. The number of hydrogen-bond donors (Lipinski definition) is 2. The molecule has 2 aromatic carbocycles. The molecule has 6 rings (SSSR count). The van der Waals surface area contributed by atoms with Gasteiger partial charge in [0.15, 0.2) is 5.82 Å². The monoisotopic (exact) mass is 584 g/mol. The Labute approximate surface area is 238 Å². The molecule has 13 heteroatoms. The molecule has 4 heterocycles. The van der Waals surface area contributed by atoms with Gasteiger partial charge in [-0.15, -0.1) is 0 Å². The Morgan fingerprint density at radius 3 is 2.68 bits per heavy atom. The van der Waals surface area contributed by atoms with Gasteiger partial charge in [-0.25, -0.2) is 22.5 Å². The Morgan fingerprint density at radius 2 is 1.95 bits per heavy atom. The zero-order valence-electron chi connectivity index (χ0n) is 22.7. The Kier molecular flexibility index (Phi) is 7.30. The topological polar surface area (TPSA) is 130 Å². The van der Waals surface area contributed by atoms with Crippen molar-refractivity contribution in [2.24, 2.45) is 7.05 Å². The summed E-state index contributed by atoms with van der Waals surface area (Å²) in [6.45, 7) is 1.69. The molecule has 218 valence electrons. The minimum atomic E-state index is -4.19. The first-order valence-electron chi connectivity index (χ1n) is 13.7. The fraction of sp³-hybridized carbons (Fsp3) is 0.464. The van der Waals surface area contributed by atoms with Crippen molar-refractivity contribution in [3.05, 3.63) is 60.2 Å². The smallest absolute Gasteiger partial charge is 0.247 e. The van der Waals surface area contributed by atoms with Crippen LogP contribution in [-0.2, 0) is 28.4 Å².